The molecule has 0 fully saturated rings. The third-order valence-corrected chi connectivity index (χ3v) is 3.05. The van der Waals surface area contributed by atoms with Crippen LogP contribution in [0, 0.1) is 0 Å². The summed E-state index contributed by atoms with van der Waals surface area (Å²) in [4.78, 5) is 0. The van der Waals surface area contributed by atoms with Crippen LogP contribution in [0.1, 0.15) is 11.1 Å². The molecule has 0 aliphatic carbocycles. The van der Waals surface area contributed by atoms with Gasteiger partial charge < -0.3 is 32.4 Å². The van der Waals surface area contributed by atoms with Crippen LogP contribution >= 0.6 is 0 Å². The molecule has 114 valence electrons. The number of hydrogen-bond donors (Lipinski definition) is 4. The van der Waals surface area contributed by atoms with Gasteiger partial charge in [-0.2, -0.15) is 0 Å². The van der Waals surface area contributed by atoms with Gasteiger partial charge in [-0.15, -0.1) is 0 Å². The Kier molecular flexibility index (Phi) is 8.36. The number of rotatable bonds is 10. The van der Waals surface area contributed by atoms with Gasteiger partial charge in [-0.05, 0) is 11.1 Å². The van der Waals surface area contributed by atoms with E-state index in [1.807, 2.05) is 24.3 Å². The Hall–Kier alpha value is -1.02. The molecule has 0 heterocycles. The minimum Gasteiger partial charge on any atom is -0.371 e. The van der Waals surface area contributed by atoms with E-state index in [0.717, 1.165) is 11.1 Å². The van der Waals surface area contributed by atoms with Gasteiger partial charge in [0.05, 0.1) is 25.4 Å². The fraction of sp³-hybridized carbons (Fsp3) is 0.571. The van der Waals surface area contributed by atoms with Gasteiger partial charge in [0, 0.05) is 26.2 Å². The molecule has 1 aromatic carbocycles. The summed E-state index contributed by atoms with van der Waals surface area (Å²) in [6.07, 6.45) is -0.180. The van der Waals surface area contributed by atoms with E-state index in [1.165, 1.54) is 0 Å². The van der Waals surface area contributed by atoms with Crippen LogP contribution in [0.2, 0.25) is 0 Å². The van der Waals surface area contributed by atoms with Crippen LogP contribution in [0.15, 0.2) is 24.3 Å². The Balaban J connectivity index is 2.40. The predicted octanol–water partition coefficient (Wildman–Crippen LogP) is -0.708. The van der Waals surface area contributed by atoms with Gasteiger partial charge in [0.1, 0.15) is 0 Å². The second kappa shape index (κ2) is 9.82. The maximum Gasteiger partial charge on any atom is 0.0823 e. The molecule has 0 saturated carbocycles. The van der Waals surface area contributed by atoms with E-state index < -0.39 is 0 Å². The van der Waals surface area contributed by atoms with Crippen LogP contribution in [-0.2, 0) is 22.7 Å². The van der Waals surface area contributed by atoms with Gasteiger partial charge >= 0.3 is 0 Å². The molecule has 0 spiro atoms. The standard InChI is InChI=1S/C14H26N4O2/c15-5-13(6-16)19-9-11-1-2-12(4-3-11)10-20-14(7-17)8-18/h1-4,13-14H,5-10,15-18H2. The minimum absolute atomic E-state index is 0.0899. The molecule has 0 atom stereocenters. The van der Waals surface area contributed by atoms with E-state index in [1.54, 1.807) is 0 Å². The summed E-state index contributed by atoms with van der Waals surface area (Å²) in [5, 5.41) is 0. The Morgan fingerprint density at radius 3 is 1.20 bits per heavy atom. The van der Waals surface area contributed by atoms with Crippen molar-refractivity contribution in [3.8, 4) is 0 Å². The van der Waals surface area contributed by atoms with Gasteiger partial charge in [-0.3, -0.25) is 0 Å². The third kappa shape index (κ3) is 5.96. The van der Waals surface area contributed by atoms with Crippen molar-refractivity contribution in [1.82, 2.24) is 0 Å². The van der Waals surface area contributed by atoms with Crippen molar-refractivity contribution in [2.75, 3.05) is 26.2 Å². The minimum atomic E-state index is -0.0899. The van der Waals surface area contributed by atoms with E-state index in [0.29, 0.717) is 39.4 Å². The number of ether oxygens (including phenoxy) is 2. The summed E-state index contributed by atoms with van der Waals surface area (Å²) in [7, 11) is 0. The van der Waals surface area contributed by atoms with Crippen molar-refractivity contribution < 1.29 is 9.47 Å². The van der Waals surface area contributed by atoms with Crippen LogP contribution in [0.25, 0.3) is 0 Å². The largest absolute Gasteiger partial charge is 0.371 e. The SMILES string of the molecule is NCC(CN)OCc1ccc(COC(CN)CN)cc1. The van der Waals surface area contributed by atoms with Crippen molar-refractivity contribution in [3.05, 3.63) is 35.4 Å². The molecule has 6 nitrogen and oxygen atoms in total. The molecular weight excluding hydrogens is 256 g/mol. The maximum absolute atomic E-state index is 5.59. The topological polar surface area (TPSA) is 123 Å². The van der Waals surface area contributed by atoms with Gasteiger partial charge in [0.15, 0.2) is 0 Å². The molecule has 0 unspecified atom stereocenters. The van der Waals surface area contributed by atoms with Crippen LogP contribution in [-0.4, -0.2) is 38.4 Å². The Labute approximate surface area is 120 Å². The molecule has 0 aliphatic heterocycles. The Morgan fingerprint density at radius 1 is 0.650 bits per heavy atom. The summed E-state index contributed by atoms with van der Waals surface area (Å²) >= 11 is 0. The van der Waals surface area contributed by atoms with Gasteiger partial charge in [0.2, 0.25) is 0 Å². The summed E-state index contributed by atoms with van der Waals surface area (Å²) in [5.74, 6) is 0. The molecule has 0 bridgehead atoms. The van der Waals surface area contributed by atoms with Crippen LogP contribution in [0.3, 0.4) is 0 Å². The number of hydrogen-bond acceptors (Lipinski definition) is 6. The van der Waals surface area contributed by atoms with Crippen molar-refractivity contribution >= 4 is 0 Å². The lowest BCUT2D eigenvalue weighted by molar-refractivity contribution is 0.0507. The highest BCUT2D eigenvalue weighted by Crippen LogP contribution is 2.08. The maximum atomic E-state index is 5.59. The average molecular weight is 282 g/mol. The van der Waals surface area contributed by atoms with E-state index >= 15 is 0 Å². The Morgan fingerprint density at radius 2 is 0.950 bits per heavy atom. The quantitative estimate of drug-likeness (QED) is 0.450. The molecule has 0 amide bonds. The fourth-order valence-corrected chi connectivity index (χ4v) is 1.62. The lowest BCUT2D eigenvalue weighted by Gasteiger charge is -2.15. The second-order valence-corrected chi connectivity index (χ2v) is 4.63. The zero-order chi connectivity index (χ0) is 14.8. The monoisotopic (exact) mass is 282 g/mol. The summed E-state index contributed by atoms with van der Waals surface area (Å²) in [5.41, 5.74) is 24.3. The van der Waals surface area contributed by atoms with E-state index in [4.69, 9.17) is 32.4 Å². The fourth-order valence-electron chi connectivity index (χ4n) is 1.62. The second-order valence-electron chi connectivity index (χ2n) is 4.63. The van der Waals surface area contributed by atoms with Gasteiger partial charge in [-0.1, -0.05) is 24.3 Å². The van der Waals surface area contributed by atoms with Crippen LogP contribution < -0.4 is 22.9 Å². The first kappa shape index (κ1) is 17.0. The van der Waals surface area contributed by atoms with E-state index in [-0.39, 0.29) is 12.2 Å². The lowest BCUT2D eigenvalue weighted by atomic mass is 10.1. The molecule has 0 radical (unpaired) electrons. The number of nitrogens with two attached hydrogens (primary N) is 4. The summed E-state index contributed by atoms with van der Waals surface area (Å²) in [6.45, 7) is 2.75. The third-order valence-electron chi connectivity index (χ3n) is 3.05. The first-order valence-electron chi connectivity index (χ1n) is 6.84. The summed E-state index contributed by atoms with van der Waals surface area (Å²) in [6, 6.07) is 8.01. The normalized spacial score (nSPS) is 11.5. The first-order valence-corrected chi connectivity index (χ1v) is 6.84. The highest BCUT2D eigenvalue weighted by molar-refractivity contribution is 5.21. The molecular formula is C14H26N4O2. The van der Waals surface area contributed by atoms with Crippen molar-refractivity contribution in [1.29, 1.82) is 0 Å². The average Bonchev–Trinajstić information content (AvgIpc) is 2.50. The highest BCUT2D eigenvalue weighted by atomic mass is 16.5. The van der Waals surface area contributed by atoms with Gasteiger partial charge in [-0.25, -0.2) is 0 Å². The zero-order valence-corrected chi connectivity index (χ0v) is 11.8. The van der Waals surface area contributed by atoms with Crippen molar-refractivity contribution in [3.63, 3.8) is 0 Å². The molecule has 6 heteroatoms. The molecule has 0 aliphatic rings. The molecule has 20 heavy (non-hydrogen) atoms. The van der Waals surface area contributed by atoms with Crippen LogP contribution in [0.5, 0.6) is 0 Å². The van der Waals surface area contributed by atoms with Gasteiger partial charge in [0.25, 0.3) is 0 Å². The molecule has 1 rings (SSSR count). The van der Waals surface area contributed by atoms with Crippen molar-refractivity contribution in [2.45, 2.75) is 25.4 Å². The summed E-state index contributed by atoms with van der Waals surface area (Å²) < 4.78 is 11.2. The molecule has 1 aromatic rings. The van der Waals surface area contributed by atoms with Crippen LogP contribution in [0.4, 0.5) is 0 Å². The van der Waals surface area contributed by atoms with E-state index in [2.05, 4.69) is 0 Å². The molecule has 0 saturated heterocycles. The van der Waals surface area contributed by atoms with E-state index in [9.17, 15) is 0 Å². The Bertz CT molecular complexity index is 316. The highest BCUT2D eigenvalue weighted by Gasteiger charge is 2.06. The first-order chi connectivity index (χ1) is 9.73. The zero-order valence-electron chi connectivity index (χ0n) is 11.8. The predicted molar refractivity (Wildman–Crippen MR) is 79.8 cm³/mol. The smallest absolute Gasteiger partial charge is 0.0823 e. The number of benzene rings is 1. The van der Waals surface area contributed by atoms with Crippen molar-refractivity contribution in [2.24, 2.45) is 22.9 Å². The lowest BCUT2D eigenvalue weighted by Crippen LogP contribution is -2.31. The molecule has 0 aromatic heterocycles. The molecule has 8 N–H and O–H groups in total.